The van der Waals surface area contributed by atoms with Crippen molar-refractivity contribution in [3.05, 3.63) is 0 Å². The smallest absolute Gasteiger partial charge is 0.236 e. The van der Waals surface area contributed by atoms with E-state index in [1.165, 1.54) is 0 Å². The molecule has 1 amide bonds. The van der Waals surface area contributed by atoms with Gasteiger partial charge in [0.1, 0.15) is 0 Å². The zero-order valence-electron chi connectivity index (χ0n) is 10.7. The Hall–Kier alpha value is -0.650. The first-order valence-electron chi connectivity index (χ1n) is 6.54. The van der Waals surface area contributed by atoms with Crippen molar-refractivity contribution in [2.75, 3.05) is 52.9 Å². The number of rotatable bonds is 4. The Morgan fingerprint density at radius 1 is 1.35 bits per heavy atom. The van der Waals surface area contributed by atoms with Crippen molar-refractivity contribution in [2.45, 2.75) is 18.9 Å². The molecule has 1 unspecified atom stereocenters. The lowest BCUT2D eigenvalue weighted by atomic mass is 10.2. The second-order valence-corrected chi connectivity index (χ2v) is 4.95. The van der Waals surface area contributed by atoms with Crippen LogP contribution in [0.15, 0.2) is 0 Å². The molecule has 0 bridgehead atoms. The van der Waals surface area contributed by atoms with E-state index in [-0.39, 0.29) is 5.91 Å². The van der Waals surface area contributed by atoms with Crippen molar-refractivity contribution in [3.8, 4) is 0 Å². The number of hydrogen-bond acceptors (Lipinski definition) is 4. The van der Waals surface area contributed by atoms with E-state index >= 15 is 0 Å². The van der Waals surface area contributed by atoms with Crippen LogP contribution in [0.5, 0.6) is 0 Å². The average Bonchev–Trinajstić information content (AvgIpc) is 2.83. The first kappa shape index (κ1) is 12.8. The number of likely N-dealkylation sites (N-methyl/N-ethyl adjacent to an activating group) is 1. The van der Waals surface area contributed by atoms with Crippen LogP contribution in [0, 0.1) is 0 Å². The predicted molar refractivity (Wildman–Crippen MR) is 65.9 cm³/mol. The van der Waals surface area contributed by atoms with Crippen molar-refractivity contribution in [1.82, 2.24) is 15.1 Å². The third kappa shape index (κ3) is 3.94. The number of carbonyl (C=O) groups is 1. The summed E-state index contributed by atoms with van der Waals surface area (Å²) >= 11 is 0. The second kappa shape index (κ2) is 6.33. The Labute approximate surface area is 103 Å². The van der Waals surface area contributed by atoms with E-state index in [9.17, 15) is 4.79 Å². The lowest BCUT2D eigenvalue weighted by Crippen LogP contribution is -2.49. The molecule has 2 saturated heterocycles. The quantitative estimate of drug-likeness (QED) is 0.723. The monoisotopic (exact) mass is 241 g/mol. The molecule has 0 aromatic heterocycles. The van der Waals surface area contributed by atoms with E-state index in [0.717, 1.165) is 52.2 Å². The third-order valence-electron chi connectivity index (χ3n) is 3.53. The van der Waals surface area contributed by atoms with E-state index in [0.29, 0.717) is 12.6 Å². The minimum Gasteiger partial charge on any atom is -0.377 e. The van der Waals surface area contributed by atoms with Gasteiger partial charge < -0.3 is 19.9 Å². The average molecular weight is 241 g/mol. The number of hydrogen-bond donors (Lipinski definition) is 1. The summed E-state index contributed by atoms with van der Waals surface area (Å²) in [5, 5.41) is 3.21. The van der Waals surface area contributed by atoms with E-state index in [2.05, 4.69) is 17.3 Å². The van der Waals surface area contributed by atoms with Crippen molar-refractivity contribution >= 4 is 5.91 Å². The highest BCUT2D eigenvalue weighted by atomic mass is 16.5. The van der Waals surface area contributed by atoms with Crippen molar-refractivity contribution < 1.29 is 9.53 Å². The fourth-order valence-corrected chi connectivity index (χ4v) is 2.31. The Kier molecular flexibility index (Phi) is 4.76. The van der Waals surface area contributed by atoms with Gasteiger partial charge in [-0.1, -0.05) is 0 Å². The maximum absolute atomic E-state index is 11.9. The van der Waals surface area contributed by atoms with Gasteiger partial charge in [-0.05, 0) is 19.9 Å². The molecule has 2 rings (SSSR count). The molecule has 98 valence electrons. The standard InChI is InChI=1S/C12H23N3O2/c1-14-4-6-15(7-5-14)12(16)10-13-9-11-3-2-8-17-11/h11,13H,2-10H2,1H3. The largest absolute Gasteiger partial charge is 0.377 e. The molecule has 0 aromatic rings. The fourth-order valence-electron chi connectivity index (χ4n) is 2.31. The highest BCUT2D eigenvalue weighted by Crippen LogP contribution is 2.10. The fraction of sp³-hybridized carbons (Fsp3) is 0.917. The summed E-state index contributed by atoms with van der Waals surface area (Å²) in [7, 11) is 2.09. The Morgan fingerprint density at radius 3 is 2.76 bits per heavy atom. The van der Waals surface area contributed by atoms with Crippen molar-refractivity contribution in [2.24, 2.45) is 0 Å². The van der Waals surface area contributed by atoms with Gasteiger partial charge >= 0.3 is 0 Å². The number of nitrogens with zero attached hydrogens (tertiary/aromatic N) is 2. The molecule has 0 spiro atoms. The molecule has 0 aromatic carbocycles. The maximum atomic E-state index is 11.9. The first-order valence-corrected chi connectivity index (χ1v) is 6.54. The second-order valence-electron chi connectivity index (χ2n) is 4.95. The van der Waals surface area contributed by atoms with Crippen LogP contribution in [-0.2, 0) is 9.53 Å². The van der Waals surface area contributed by atoms with E-state index in [1.54, 1.807) is 0 Å². The third-order valence-corrected chi connectivity index (χ3v) is 3.53. The zero-order chi connectivity index (χ0) is 12.1. The molecule has 5 heteroatoms. The first-order chi connectivity index (χ1) is 8.25. The summed E-state index contributed by atoms with van der Waals surface area (Å²) in [5.74, 6) is 0.219. The van der Waals surface area contributed by atoms with Crippen molar-refractivity contribution in [3.63, 3.8) is 0 Å². The molecule has 1 N–H and O–H groups in total. The summed E-state index contributed by atoms with van der Waals surface area (Å²) in [6.45, 7) is 5.81. The zero-order valence-corrected chi connectivity index (χ0v) is 10.7. The highest BCUT2D eigenvalue weighted by molar-refractivity contribution is 5.78. The number of nitrogens with one attached hydrogen (secondary N) is 1. The summed E-state index contributed by atoms with van der Waals surface area (Å²) in [4.78, 5) is 16.1. The summed E-state index contributed by atoms with van der Waals surface area (Å²) in [6, 6.07) is 0. The lowest BCUT2D eigenvalue weighted by Gasteiger charge is -2.32. The number of amides is 1. The molecule has 0 aliphatic carbocycles. The van der Waals surface area contributed by atoms with Gasteiger partial charge in [-0.3, -0.25) is 4.79 Å². The Morgan fingerprint density at radius 2 is 2.12 bits per heavy atom. The normalized spacial score (nSPS) is 26.4. The van der Waals surface area contributed by atoms with Crippen LogP contribution in [0.1, 0.15) is 12.8 Å². The van der Waals surface area contributed by atoms with E-state index in [4.69, 9.17) is 4.74 Å². The molecule has 0 saturated carbocycles. The van der Waals surface area contributed by atoms with Gasteiger partial charge in [0.2, 0.25) is 5.91 Å². The molecule has 5 nitrogen and oxygen atoms in total. The molecule has 2 aliphatic heterocycles. The Bertz CT molecular complexity index is 246. The molecule has 2 aliphatic rings. The van der Waals surface area contributed by atoms with Crippen LogP contribution >= 0.6 is 0 Å². The molecule has 0 radical (unpaired) electrons. The molecular weight excluding hydrogens is 218 g/mol. The van der Waals surface area contributed by atoms with Gasteiger partial charge in [-0.25, -0.2) is 0 Å². The summed E-state index contributed by atoms with van der Waals surface area (Å²) in [6.07, 6.45) is 2.59. The highest BCUT2D eigenvalue weighted by Gasteiger charge is 2.19. The van der Waals surface area contributed by atoms with Crippen molar-refractivity contribution in [1.29, 1.82) is 0 Å². The summed E-state index contributed by atoms with van der Waals surface area (Å²) in [5.41, 5.74) is 0. The molecule has 1 atom stereocenters. The number of ether oxygens (including phenoxy) is 1. The van der Waals surface area contributed by atoms with E-state index in [1.807, 2.05) is 4.90 Å². The Balaban J connectivity index is 1.60. The van der Waals surface area contributed by atoms with Crippen LogP contribution in [0.4, 0.5) is 0 Å². The van der Waals surface area contributed by atoms with Gasteiger partial charge in [-0.2, -0.15) is 0 Å². The molecular formula is C12H23N3O2. The predicted octanol–water partition coefficient (Wildman–Crippen LogP) is -0.471. The van der Waals surface area contributed by atoms with Crippen LogP contribution in [0.25, 0.3) is 0 Å². The van der Waals surface area contributed by atoms with Gasteiger partial charge in [0.25, 0.3) is 0 Å². The summed E-state index contributed by atoms with van der Waals surface area (Å²) < 4.78 is 5.50. The lowest BCUT2D eigenvalue weighted by molar-refractivity contribution is -0.131. The number of piperazine rings is 1. The number of carbonyl (C=O) groups excluding carboxylic acids is 1. The van der Waals surface area contributed by atoms with Crippen LogP contribution in [0.2, 0.25) is 0 Å². The van der Waals surface area contributed by atoms with Gasteiger partial charge in [0, 0.05) is 39.3 Å². The molecule has 17 heavy (non-hydrogen) atoms. The van der Waals surface area contributed by atoms with Crippen LogP contribution in [0.3, 0.4) is 0 Å². The maximum Gasteiger partial charge on any atom is 0.236 e. The van der Waals surface area contributed by atoms with Gasteiger partial charge in [0.15, 0.2) is 0 Å². The topological polar surface area (TPSA) is 44.8 Å². The minimum absolute atomic E-state index is 0.219. The van der Waals surface area contributed by atoms with E-state index < -0.39 is 0 Å². The van der Waals surface area contributed by atoms with Gasteiger partial charge in [-0.15, -0.1) is 0 Å². The molecule has 2 fully saturated rings. The van der Waals surface area contributed by atoms with Crippen LogP contribution in [-0.4, -0.2) is 74.7 Å². The SMILES string of the molecule is CN1CCN(C(=O)CNCC2CCCO2)CC1. The van der Waals surface area contributed by atoms with Crippen LogP contribution < -0.4 is 5.32 Å². The minimum atomic E-state index is 0.219. The molecule has 2 heterocycles. The van der Waals surface area contributed by atoms with Gasteiger partial charge in [0.05, 0.1) is 12.6 Å².